The summed E-state index contributed by atoms with van der Waals surface area (Å²) in [6.45, 7) is 1.73. The predicted molar refractivity (Wildman–Crippen MR) is 97.0 cm³/mol. The number of allylic oxidation sites excluding steroid dienone is 1. The molecule has 1 heterocycles. The first-order valence-corrected chi connectivity index (χ1v) is 8.90. The summed E-state index contributed by atoms with van der Waals surface area (Å²) < 4.78 is 5.88. The fourth-order valence-corrected chi connectivity index (χ4v) is 3.44. The van der Waals surface area contributed by atoms with Crippen molar-refractivity contribution in [3.05, 3.63) is 57.8 Å². The number of hydrogen-bond donors (Lipinski definition) is 1. The molecule has 4 heteroatoms. The fraction of sp³-hybridized carbons (Fsp3) is 0.368. The van der Waals surface area contributed by atoms with Crippen LogP contribution in [0.3, 0.4) is 0 Å². The monoisotopic (exact) mass is 349 g/mol. The molecule has 1 aromatic carbocycles. The highest BCUT2D eigenvalue weighted by Gasteiger charge is 2.07. The van der Waals surface area contributed by atoms with Crippen LogP contribution >= 0.6 is 23.2 Å². The van der Waals surface area contributed by atoms with E-state index in [0.29, 0.717) is 10.0 Å². The van der Waals surface area contributed by atoms with Gasteiger partial charge in [0.25, 0.3) is 0 Å². The summed E-state index contributed by atoms with van der Waals surface area (Å²) in [5.41, 5.74) is 2.50. The third-order valence-electron chi connectivity index (χ3n) is 4.12. The molecule has 0 bridgehead atoms. The van der Waals surface area contributed by atoms with Crippen molar-refractivity contribution in [1.82, 2.24) is 5.32 Å². The average Bonchev–Trinajstić information content (AvgIpc) is 3.01. The number of rotatable bonds is 6. The maximum Gasteiger partial charge on any atom is 0.134 e. The van der Waals surface area contributed by atoms with Gasteiger partial charge in [-0.1, -0.05) is 34.9 Å². The molecule has 0 atom stereocenters. The molecule has 2 aromatic rings. The summed E-state index contributed by atoms with van der Waals surface area (Å²) in [5.74, 6) is 1.72. The Morgan fingerprint density at radius 1 is 1.04 bits per heavy atom. The Balaban J connectivity index is 1.52. The quantitative estimate of drug-likeness (QED) is 0.493. The fourth-order valence-electron chi connectivity index (χ4n) is 2.92. The minimum atomic E-state index is 0.615. The zero-order valence-electron chi connectivity index (χ0n) is 13.1. The topological polar surface area (TPSA) is 25.2 Å². The molecule has 0 spiro atoms. The Morgan fingerprint density at radius 3 is 2.61 bits per heavy atom. The van der Waals surface area contributed by atoms with E-state index in [1.807, 2.05) is 24.3 Å². The zero-order valence-corrected chi connectivity index (χ0v) is 14.6. The van der Waals surface area contributed by atoms with E-state index in [0.717, 1.165) is 36.6 Å². The van der Waals surface area contributed by atoms with E-state index in [1.54, 1.807) is 11.6 Å². The van der Waals surface area contributed by atoms with Crippen LogP contribution in [0.4, 0.5) is 0 Å². The molecule has 1 aliphatic rings. The first-order valence-electron chi connectivity index (χ1n) is 8.14. The lowest BCUT2D eigenvalue weighted by Crippen LogP contribution is -2.15. The van der Waals surface area contributed by atoms with Gasteiger partial charge in [0.05, 0.1) is 6.54 Å². The Bertz CT molecular complexity index is 670. The minimum Gasteiger partial charge on any atom is -0.460 e. The van der Waals surface area contributed by atoms with E-state index >= 15 is 0 Å². The van der Waals surface area contributed by atoms with Crippen molar-refractivity contribution in [2.45, 2.75) is 38.6 Å². The van der Waals surface area contributed by atoms with Crippen molar-refractivity contribution in [2.75, 3.05) is 6.54 Å². The SMILES string of the molecule is Clc1cc(Cl)cc(-c2ccc(CNCCC3=CCCCC3)o2)c1. The van der Waals surface area contributed by atoms with Gasteiger partial charge in [-0.3, -0.25) is 0 Å². The predicted octanol–water partition coefficient (Wildman–Crippen LogP) is 6.23. The summed E-state index contributed by atoms with van der Waals surface area (Å²) in [6, 6.07) is 9.40. The Kier molecular flexibility index (Phi) is 5.82. The van der Waals surface area contributed by atoms with E-state index in [2.05, 4.69) is 11.4 Å². The van der Waals surface area contributed by atoms with Crippen LogP contribution in [0.15, 0.2) is 46.4 Å². The van der Waals surface area contributed by atoms with Gasteiger partial charge in [0.1, 0.15) is 11.5 Å². The van der Waals surface area contributed by atoms with Crippen LogP contribution in [0.2, 0.25) is 10.0 Å². The smallest absolute Gasteiger partial charge is 0.134 e. The van der Waals surface area contributed by atoms with Gasteiger partial charge in [-0.15, -0.1) is 0 Å². The molecule has 0 amide bonds. The Hall–Kier alpha value is -1.22. The number of halogens is 2. The van der Waals surface area contributed by atoms with Crippen LogP contribution in [-0.4, -0.2) is 6.54 Å². The molecular weight excluding hydrogens is 329 g/mol. The van der Waals surface area contributed by atoms with Crippen molar-refractivity contribution in [3.63, 3.8) is 0 Å². The molecule has 1 N–H and O–H groups in total. The van der Waals surface area contributed by atoms with Crippen molar-refractivity contribution < 1.29 is 4.42 Å². The molecule has 0 aliphatic heterocycles. The van der Waals surface area contributed by atoms with Crippen molar-refractivity contribution in [2.24, 2.45) is 0 Å². The third-order valence-corrected chi connectivity index (χ3v) is 4.55. The van der Waals surface area contributed by atoms with Gasteiger partial charge < -0.3 is 9.73 Å². The van der Waals surface area contributed by atoms with Gasteiger partial charge in [-0.25, -0.2) is 0 Å². The molecule has 0 unspecified atom stereocenters. The first kappa shape index (κ1) is 16.6. The van der Waals surface area contributed by atoms with Gasteiger partial charge in [0.2, 0.25) is 0 Å². The minimum absolute atomic E-state index is 0.615. The van der Waals surface area contributed by atoms with Gasteiger partial charge in [-0.2, -0.15) is 0 Å². The second-order valence-electron chi connectivity index (χ2n) is 5.96. The van der Waals surface area contributed by atoms with Crippen LogP contribution in [-0.2, 0) is 6.54 Å². The summed E-state index contributed by atoms with van der Waals surface area (Å²) in [4.78, 5) is 0. The van der Waals surface area contributed by atoms with E-state index in [4.69, 9.17) is 27.6 Å². The average molecular weight is 350 g/mol. The largest absolute Gasteiger partial charge is 0.460 e. The summed E-state index contributed by atoms with van der Waals surface area (Å²) in [6.07, 6.45) is 8.74. The van der Waals surface area contributed by atoms with Gasteiger partial charge in [-0.05, 0) is 69.0 Å². The molecule has 1 aliphatic carbocycles. The van der Waals surface area contributed by atoms with Crippen LogP contribution in [0.5, 0.6) is 0 Å². The maximum absolute atomic E-state index is 6.04. The van der Waals surface area contributed by atoms with Crippen LogP contribution < -0.4 is 5.32 Å². The molecule has 1 aromatic heterocycles. The van der Waals surface area contributed by atoms with E-state index in [1.165, 1.54) is 25.7 Å². The van der Waals surface area contributed by atoms with Gasteiger partial charge in [0.15, 0.2) is 0 Å². The number of furan rings is 1. The lowest BCUT2D eigenvalue weighted by Gasteiger charge is -2.12. The summed E-state index contributed by atoms with van der Waals surface area (Å²) in [5, 5.41) is 4.68. The van der Waals surface area contributed by atoms with Crippen molar-refractivity contribution in [1.29, 1.82) is 0 Å². The molecule has 122 valence electrons. The molecule has 23 heavy (non-hydrogen) atoms. The van der Waals surface area contributed by atoms with E-state index < -0.39 is 0 Å². The Morgan fingerprint density at radius 2 is 1.87 bits per heavy atom. The van der Waals surface area contributed by atoms with E-state index in [9.17, 15) is 0 Å². The molecule has 0 fully saturated rings. The molecule has 0 saturated heterocycles. The second-order valence-corrected chi connectivity index (χ2v) is 6.83. The number of nitrogens with one attached hydrogen (secondary N) is 1. The second kappa shape index (κ2) is 8.05. The highest BCUT2D eigenvalue weighted by atomic mass is 35.5. The first-order chi connectivity index (χ1) is 11.2. The lowest BCUT2D eigenvalue weighted by atomic mass is 9.97. The van der Waals surface area contributed by atoms with Crippen LogP contribution in [0, 0.1) is 0 Å². The molecule has 2 nitrogen and oxygen atoms in total. The van der Waals surface area contributed by atoms with Crippen LogP contribution in [0.1, 0.15) is 37.9 Å². The number of hydrogen-bond acceptors (Lipinski definition) is 2. The van der Waals surface area contributed by atoms with E-state index in [-0.39, 0.29) is 0 Å². The molecular formula is C19H21Cl2NO. The van der Waals surface area contributed by atoms with Crippen molar-refractivity contribution in [3.8, 4) is 11.3 Å². The molecule has 0 radical (unpaired) electrons. The zero-order chi connectivity index (χ0) is 16.1. The Labute approximate surface area is 147 Å². The summed E-state index contributed by atoms with van der Waals surface area (Å²) >= 11 is 12.1. The van der Waals surface area contributed by atoms with Crippen molar-refractivity contribution >= 4 is 23.2 Å². The third kappa shape index (κ3) is 4.87. The molecule has 0 saturated carbocycles. The standard InChI is InChI=1S/C19H21Cl2NO/c20-16-10-15(11-17(21)12-16)19-7-6-18(23-19)13-22-9-8-14-4-2-1-3-5-14/h4,6-7,10-12,22H,1-3,5,8-9,13H2. The number of benzene rings is 1. The molecule has 3 rings (SSSR count). The van der Waals surface area contributed by atoms with Gasteiger partial charge in [0, 0.05) is 15.6 Å². The highest BCUT2D eigenvalue weighted by Crippen LogP contribution is 2.28. The highest BCUT2D eigenvalue weighted by molar-refractivity contribution is 6.35. The van der Waals surface area contributed by atoms with Crippen LogP contribution in [0.25, 0.3) is 11.3 Å². The normalized spacial score (nSPS) is 14.8. The maximum atomic E-state index is 6.04. The lowest BCUT2D eigenvalue weighted by molar-refractivity contribution is 0.493. The summed E-state index contributed by atoms with van der Waals surface area (Å²) in [7, 11) is 0. The van der Waals surface area contributed by atoms with Gasteiger partial charge >= 0.3 is 0 Å².